The van der Waals surface area contributed by atoms with Crippen molar-refractivity contribution in [3.8, 4) is 0 Å². The number of rotatable bonds is 3. The van der Waals surface area contributed by atoms with Gasteiger partial charge in [0.2, 0.25) is 0 Å². The number of aliphatic hydroxyl groups is 1. The van der Waals surface area contributed by atoms with Gasteiger partial charge in [0.1, 0.15) is 5.82 Å². The van der Waals surface area contributed by atoms with Crippen LogP contribution >= 0.6 is 0 Å². The third-order valence-electron chi connectivity index (χ3n) is 1.60. The van der Waals surface area contributed by atoms with E-state index in [0.717, 1.165) is 6.21 Å². The lowest BCUT2D eigenvalue weighted by Gasteiger charge is -2.06. The molecule has 0 spiro atoms. The number of hydrogen-bond acceptors (Lipinski definition) is 4. The van der Waals surface area contributed by atoms with Crippen molar-refractivity contribution in [2.24, 2.45) is 0 Å². The second-order valence-electron chi connectivity index (χ2n) is 2.73. The monoisotopic (exact) mass is 214 g/mol. The van der Waals surface area contributed by atoms with Crippen LogP contribution in [0.2, 0.25) is 0 Å². The maximum absolute atomic E-state index is 12.4. The number of hydrogen-bond donors (Lipinski definition) is 4. The smallest absolute Gasteiger partial charge is 0.123 e. The molecule has 0 aromatic heterocycles. The molecule has 0 aliphatic carbocycles. The quantitative estimate of drug-likeness (QED) is 0.455. The predicted octanol–water partition coefficient (Wildman–Crippen LogP) is 1.49. The summed E-state index contributed by atoms with van der Waals surface area (Å²) in [5.41, 5.74) is 2.39. The summed E-state index contributed by atoms with van der Waals surface area (Å²) in [6, 6.07) is 5.62. The summed E-state index contributed by atoms with van der Waals surface area (Å²) in [5, 5.41) is 23.4. The Kier molecular flexibility index (Phi) is 7.35. The zero-order chi connectivity index (χ0) is 11.7. The van der Waals surface area contributed by atoms with Crippen LogP contribution in [0, 0.1) is 11.2 Å². The fraction of sp³-hybridized carbons (Fsp3) is 0.300. The molecule has 5 heteroatoms. The molecule has 4 N–H and O–H groups in total. The van der Waals surface area contributed by atoms with Crippen molar-refractivity contribution in [2.75, 3.05) is 7.05 Å². The van der Waals surface area contributed by atoms with Crippen molar-refractivity contribution in [3.63, 3.8) is 0 Å². The Morgan fingerprint density at radius 3 is 2.33 bits per heavy atom. The lowest BCUT2D eigenvalue weighted by Crippen LogP contribution is -1.97. The van der Waals surface area contributed by atoms with Crippen LogP contribution in [0.3, 0.4) is 0 Å². The fourth-order valence-electron chi connectivity index (χ4n) is 0.933. The van der Waals surface area contributed by atoms with E-state index in [-0.39, 0.29) is 12.2 Å². The molecule has 0 heterocycles. The molecule has 0 radical (unpaired) electrons. The second kappa shape index (κ2) is 8.05. The minimum atomic E-state index is -0.692. The lowest BCUT2D eigenvalue weighted by molar-refractivity contribution is 0.187. The van der Waals surface area contributed by atoms with Crippen LogP contribution in [0.15, 0.2) is 24.3 Å². The van der Waals surface area contributed by atoms with Crippen LogP contribution in [0.4, 0.5) is 4.39 Å². The van der Waals surface area contributed by atoms with E-state index in [1.165, 1.54) is 31.3 Å². The van der Waals surface area contributed by atoms with E-state index >= 15 is 0 Å². The first-order valence-corrected chi connectivity index (χ1v) is 4.39. The van der Waals surface area contributed by atoms with Crippen LogP contribution in [-0.2, 0) is 0 Å². The van der Waals surface area contributed by atoms with Gasteiger partial charge in [-0.25, -0.2) is 9.87 Å². The second-order valence-corrected chi connectivity index (χ2v) is 2.73. The van der Waals surface area contributed by atoms with Crippen molar-refractivity contribution in [2.45, 2.75) is 12.5 Å². The minimum Gasteiger partial charge on any atom is -0.388 e. The number of hydroxylamine groups is 1. The molecule has 1 rings (SSSR count). The van der Waals surface area contributed by atoms with Gasteiger partial charge in [-0.05, 0) is 23.9 Å². The van der Waals surface area contributed by atoms with Crippen molar-refractivity contribution in [3.05, 3.63) is 35.6 Å². The van der Waals surface area contributed by atoms with Gasteiger partial charge >= 0.3 is 0 Å². The Balaban J connectivity index is 0.000000583. The average Bonchev–Trinajstić information content (AvgIpc) is 2.20. The summed E-state index contributed by atoms with van der Waals surface area (Å²) in [6.07, 6.45) is 0.711. The van der Waals surface area contributed by atoms with E-state index in [1.807, 2.05) is 0 Å². The predicted molar refractivity (Wildman–Crippen MR) is 55.6 cm³/mol. The van der Waals surface area contributed by atoms with Gasteiger partial charge in [0.15, 0.2) is 0 Å². The Bertz CT molecular complexity index is 277. The zero-order valence-corrected chi connectivity index (χ0v) is 8.44. The maximum Gasteiger partial charge on any atom is 0.123 e. The molecule has 1 atom stereocenters. The molecule has 0 unspecified atom stereocenters. The van der Waals surface area contributed by atoms with Crippen LogP contribution in [0.25, 0.3) is 0 Å². The van der Waals surface area contributed by atoms with Crippen molar-refractivity contribution in [1.82, 2.24) is 5.48 Å². The Hall–Kier alpha value is -1.30. The van der Waals surface area contributed by atoms with Gasteiger partial charge in [-0.3, -0.25) is 0 Å². The highest BCUT2D eigenvalue weighted by atomic mass is 19.1. The van der Waals surface area contributed by atoms with Crippen LogP contribution in [0.5, 0.6) is 0 Å². The van der Waals surface area contributed by atoms with Crippen molar-refractivity contribution in [1.29, 1.82) is 5.41 Å². The largest absolute Gasteiger partial charge is 0.388 e. The van der Waals surface area contributed by atoms with Gasteiger partial charge < -0.3 is 15.7 Å². The van der Waals surface area contributed by atoms with E-state index in [9.17, 15) is 9.50 Å². The first kappa shape index (κ1) is 13.7. The van der Waals surface area contributed by atoms with Gasteiger partial charge in [0.05, 0.1) is 6.10 Å². The topological polar surface area (TPSA) is 76.3 Å². The lowest BCUT2D eigenvalue weighted by atomic mass is 10.1. The Morgan fingerprint density at radius 2 is 1.93 bits per heavy atom. The molecule has 0 fully saturated rings. The number of aliphatic hydroxyl groups excluding tert-OH is 1. The van der Waals surface area contributed by atoms with E-state index in [4.69, 9.17) is 10.6 Å². The number of benzene rings is 1. The van der Waals surface area contributed by atoms with Gasteiger partial charge in [0, 0.05) is 13.5 Å². The number of halogens is 1. The molecule has 0 saturated heterocycles. The van der Waals surface area contributed by atoms with Crippen molar-refractivity contribution < 1.29 is 14.7 Å². The molecule has 84 valence electrons. The van der Waals surface area contributed by atoms with E-state index in [0.29, 0.717) is 5.56 Å². The first-order chi connectivity index (χ1) is 7.15. The third kappa shape index (κ3) is 5.90. The summed E-state index contributed by atoms with van der Waals surface area (Å²) in [5.74, 6) is -0.319. The third-order valence-corrected chi connectivity index (χ3v) is 1.60. The molecule has 4 nitrogen and oxygen atoms in total. The number of nitrogens with one attached hydrogen (secondary N) is 2. The molecule has 0 saturated carbocycles. The minimum absolute atomic E-state index is 0.269. The summed E-state index contributed by atoms with van der Waals surface area (Å²) in [7, 11) is 1.43. The Morgan fingerprint density at radius 1 is 1.47 bits per heavy atom. The van der Waals surface area contributed by atoms with E-state index in [1.54, 1.807) is 5.48 Å². The normalized spacial score (nSPS) is 11.2. The fourth-order valence-corrected chi connectivity index (χ4v) is 0.933. The molecular formula is C10H15FN2O2. The molecule has 0 aliphatic rings. The summed E-state index contributed by atoms with van der Waals surface area (Å²) in [4.78, 5) is 0. The standard InChI is InChI=1S/C9H10FNO.CH5NO/c10-8-3-1-7(2-4-8)9(12)5-6-11;1-2-3/h1-4,6,9,11-12H,5H2;2-3H,1H3/t9-;/m0./s1. The first-order valence-electron chi connectivity index (χ1n) is 4.39. The van der Waals surface area contributed by atoms with Crippen LogP contribution < -0.4 is 5.48 Å². The van der Waals surface area contributed by atoms with Crippen molar-refractivity contribution >= 4 is 6.21 Å². The zero-order valence-electron chi connectivity index (χ0n) is 8.44. The van der Waals surface area contributed by atoms with Gasteiger partial charge in [-0.1, -0.05) is 12.1 Å². The highest BCUT2D eigenvalue weighted by molar-refractivity contribution is 5.54. The average molecular weight is 214 g/mol. The summed E-state index contributed by atoms with van der Waals surface area (Å²) < 4.78 is 12.4. The molecule has 0 amide bonds. The van der Waals surface area contributed by atoms with E-state index in [2.05, 4.69) is 0 Å². The molecule has 1 aromatic carbocycles. The summed E-state index contributed by atoms with van der Waals surface area (Å²) in [6.45, 7) is 0. The van der Waals surface area contributed by atoms with Crippen LogP contribution in [0.1, 0.15) is 18.1 Å². The van der Waals surface area contributed by atoms with Gasteiger partial charge in [-0.2, -0.15) is 0 Å². The van der Waals surface area contributed by atoms with E-state index < -0.39 is 6.10 Å². The molecule has 15 heavy (non-hydrogen) atoms. The maximum atomic E-state index is 12.4. The molecule has 0 aliphatic heterocycles. The highest BCUT2D eigenvalue weighted by Gasteiger charge is 2.04. The van der Waals surface area contributed by atoms with Gasteiger partial charge in [0.25, 0.3) is 0 Å². The van der Waals surface area contributed by atoms with Gasteiger partial charge in [-0.15, -0.1) is 0 Å². The van der Waals surface area contributed by atoms with Crippen LogP contribution in [-0.4, -0.2) is 23.6 Å². The SMILES string of the molecule is CNO.N=CC[C@H](O)c1ccc(F)cc1. The molecule has 0 bridgehead atoms. The highest BCUT2D eigenvalue weighted by Crippen LogP contribution is 2.15. The summed E-state index contributed by atoms with van der Waals surface area (Å²) >= 11 is 0. The molecule has 1 aromatic rings. The Labute approximate surface area is 87.8 Å². The molecular weight excluding hydrogens is 199 g/mol.